The highest BCUT2D eigenvalue weighted by molar-refractivity contribution is 5.78. The van der Waals surface area contributed by atoms with Gasteiger partial charge in [-0.3, -0.25) is 14.7 Å². The van der Waals surface area contributed by atoms with Gasteiger partial charge in [0.25, 0.3) is 0 Å². The summed E-state index contributed by atoms with van der Waals surface area (Å²) in [5.74, 6) is 0.803. The summed E-state index contributed by atoms with van der Waals surface area (Å²) in [4.78, 5) is 29.9. The van der Waals surface area contributed by atoms with Gasteiger partial charge in [-0.2, -0.15) is 0 Å². The molecule has 3 rings (SSSR count). The number of aryl methyl sites for hydroxylation is 1. The zero-order chi connectivity index (χ0) is 18.4. The van der Waals surface area contributed by atoms with Crippen LogP contribution in [-0.4, -0.2) is 58.5 Å². The van der Waals surface area contributed by atoms with Crippen LogP contribution in [0.4, 0.5) is 5.95 Å². The highest BCUT2D eigenvalue weighted by Crippen LogP contribution is 2.15. The second kappa shape index (κ2) is 8.71. The Morgan fingerprint density at radius 1 is 1.15 bits per heavy atom. The maximum absolute atomic E-state index is 12.5. The SMILES string of the molecule is CC[C@@H](NC(=O)CN1CCN(c2ncccn2)CC1)c1cccc(C)n1. The molecule has 0 bridgehead atoms. The number of amides is 1. The Balaban J connectivity index is 1.49. The van der Waals surface area contributed by atoms with E-state index in [1.807, 2.05) is 31.2 Å². The molecule has 2 aromatic heterocycles. The Labute approximate surface area is 154 Å². The number of carbonyl (C=O) groups is 1. The first kappa shape index (κ1) is 18.3. The minimum atomic E-state index is -0.0404. The summed E-state index contributed by atoms with van der Waals surface area (Å²) in [6, 6.07) is 7.70. The topological polar surface area (TPSA) is 74.2 Å². The Morgan fingerprint density at radius 3 is 2.54 bits per heavy atom. The third-order valence-electron chi connectivity index (χ3n) is 4.58. The molecule has 138 valence electrons. The lowest BCUT2D eigenvalue weighted by molar-refractivity contribution is -0.123. The van der Waals surface area contributed by atoms with E-state index in [9.17, 15) is 4.79 Å². The van der Waals surface area contributed by atoms with Crippen LogP contribution < -0.4 is 10.2 Å². The number of pyridine rings is 1. The Morgan fingerprint density at radius 2 is 1.88 bits per heavy atom. The van der Waals surface area contributed by atoms with Crippen molar-refractivity contribution in [2.75, 3.05) is 37.6 Å². The molecule has 1 aliphatic heterocycles. The van der Waals surface area contributed by atoms with Crippen molar-refractivity contribution in [2.24, 2.45) is 0 Å². The third kappa shape index (κ3) is 4.76. The molecule has 7 heteroatoms. The number of rotatable bonds is 6. The molecule has 1 saturated heterocycles. The van der Waals surface area contributed by atoms with Gasteiger partial charge in [0, 0.05) is 44.3 Å². The quantitative estimate of drug-likeness (QED) is 0.849. The average Bonchev–Trinajstić information content (AvgIpc) is 2.67. The number of hydrogen-bond donors (Lipinski definition) is 1. The fraction of sp³-hybridized carbons (Fsp3) is 0.474. The van der Waals surface area contributed by atoms with Gasteiger partial charge >= 0.3 is 0 Å². The van der Waals surface area contributed by atoms with Crippen molar-refractivity contribution in [1.29, 1.82) is 0 Å². The monoisotopic (exact) mass is 354 g/mol. The first-order valence-corrected chi connectivity index (χ1v) is 9.13. The molecule has 0 saturated carbocycles. The van der Waals surface area contributed by atoms with E-state index in [1.54, 1.807) is 12.4 Å². The maximum Gasteiger partial charge on any atom is 0.234 e. The molecule has 1 atom stereocenters. The molecule has 0 aromatic carbocycles. The van der Waals surface area contributed by atoms with Crippen molar-refractivity contribution in [3.05, 3.63) is 48.0 Å². The number of nitrogens with one attached hydrogen (secondary N) is 1. The van der Waals surface area contributed by atoms with Crippen LogP contribution in [0.3, 0.4) is 0 Å². The van der Waals surface area contributed by atoms with E-state index >= 15 is 0 Å². The number of anilines is 1. The molecule has 7 nitrogen and oxygen atoms in total. The van der Waals surface area contributed by atoms with E-state index < -0.39 is 0 Å². The highest BCUT2D eigenvalue weighted by atomic mass is 16.2. The molecule has 26 heavy (non-hydrogen) atoms. The minimum Gasteiger partial charge on any atom is -0.347 e. The molecule has 0 radical (unpaired) electrons. The van der Waals surface area contributed by atoms with Crippen LogP contribution in [0.1, 0.15) is 30.8 Å². The van der Waals surface area contributed by atoms with Crippen LogP contribution in [0, 0.1) is 6.92 Å². The van der Waals surface area contributed by atoms with Crippen molar-refractivity contribution < 1.29 is 4.79 Å². The van der Waals surface area contributed by atoms with Gasteiger partial charge in [-0.05, 0) is 31.5 Å². The largest absolute Gasteiger partial charge is 0.347 e. The van der Waals surface area contributed by atoms with Crippen molar-refractivity contribution in [1.82, 2.24) is 25.2 Å². The predicted molar refractivity (Wildman–Crippen MR) is 101 cm³/mol. The Bertz CT molecular complexity index is 715. The lowest BCUT2D eigenvalue weighted by Crippen LogP contribution is -2.50. The van der Waals surface area contributed by atoms with Crippen molar-refractivity contribution >= 4 is 11.9 Å². The number of hydrogen-bond acceptors (Lipinski definition) is 6. The molecule has 1 aliphatic rings. The molecule has 0 spiro atoms. The van der Waals surface area contributed by atoms with Gasteiger partial charge in [0.05, 0.1) is 18.3 Å². The molecule has 0 aliphatic carbocycles. The third-order valence-corrected chi connectivity index (χ3v) is 4.58. The Hall–Kier alpha value is -2.54. The van der Waals surface area contributed by atoms with Crippen LogP contribution in [0.2, 0.25) is 0 Å². The fourth-order valence-electron chi connectivity index (χ4n) is 3.15. The van der Waals surface area contributed by atoms with Gasteiger partial charge < -0.3 is 10.2 Å². The highest BCUT2D eigenvalue weighted by Gasteiger charge is 2.22. The Kier molecular flexibility index (Phi) is 6.12. The van der Waals surface area contributed by atoms with Crippen molar-refractivity contribution in [3.8, 4) is 0 Å². The molecule has 1 N–H and O–H groups in total. The van der Waals surface area contributed by atoms with Crippen LogP contribution in [0.15, 0.2) is 36.7 Å². The molecule has 2 aromatic rings. The predicted octanol–water partition coefficient (Wildman–Crippen LogP) is 1.57. The van der Waals surface area contributed by atoms with Gasteiger partial charge in [0.15, 0.2) is 0 Å². The second-order valence-electron chi connectivity index (χ2n) is 6.54. The van der Waals surface area contributed by atoms with E-state index in [1.165, 1.54) is 0 Å². The molecule has 1 fully saturated rings. The number of carbonyl (C=O) groups excluding carboxylic acids is 1. The zero-order valence-corrected chi connectivity index (χ0v) is 15.4. The second-order valence-corrected chi connectivity index (χ2v) is 6.54. The summed E-state index contributed by atoms with van der Waals surface area (Å²) in [5, 5.41) is 3.12. The smallest absolute Gasteiger partial charge is 0.234 e. The average molecular weight is 354 g/mol. The van der Waals surface area contributed by atoms with Gasteiger partial charge in [0.1, 0.15) is 0 Å². The molecule has 0 unspecified atom stereocenters. The van der Waals surface area contributed by atoms with Gasteiger partial charge in [0.2, 0.25) is 11.9 Å². The van der Waals surface area contributed by atoms with Crippen molar-refractivity contribution in [2.45, 2.75) is 26.3 Å². The van der Waals surface area contributed by atoms with Crippen LogP contribution in [0.5, 0.6) is 0 Å². The van der Waals surface area contributed by atoms with Gasteiger partial charge in [-0.25, -0.2) is 9.97 Å². The maximum atomic E-state index is 12.5. The molecular formula is C19H26N6O. The van der Waals surface area contributed by atoms with Gasteiger partial charge in [-0.15, -0.1) is 0 Å². The normalized spacial score (nSPS) is 16.3. The lowest BCUT2D eigenvalue weighted by Gasteiger charge is -2.34. The number of aromatic nitrogens is 3. The summed E-state index contributed by atoms with van der Waals surface area (Å²) in [5.41, 5.74) is 1.89. The summed E-state index contributed by atoms with van der Waals surface area (Å²) >= 11 is 0. The van der Waals surface area contributed by atoms with E-state index in [-0.39, 0.29) is 11.9 Å². The minimum absolute atomic E-state index is 0.0404. The van der Waals surface area contributed by atoms with Crippen LogP contribution >= 0.6 is 0 Å². The summed E-state index contributed by atoms with van der Waals surface area (Å²) in [6.45, 7) is 7.74. The lowest BCUT2D eigenvalue weighted by atomic mass is 10.1. The van der Waals surface area contributed by atoms with E-state index in [0.29, 0.717) is 6.54 Å². The van der Waals surface area contributed by atoms with Crippen molar-refractivity contribution in [3.63, 3.8) is 0 Å². The summed E-state index contributed by atoms with van der Waals surface area (Å²) in [6.07, 6.45) is 4.33. The number of piperazine rings is 1. The van der Waals surface area contributed by atoms with E-state index in [4.69, 9.17) is 0 Å². The summed E-state index contributed by atoms with van der Waals surface area (Å²) in [7, 11) is 0. The molecular weight excluding hydrogens is 328 g/mol. The van der Waals surface area contributed by atoms with E-state index in [2.05, 4.69) is 37.0 Å². The van der Waals surface area contributed by atoms with Crippen LogP contribution in [0.25, 0.3) is 0 Å². The molecule has 1 amide bonds. The molecule has 3 heterocycles. The van der Waals surface area contributed by atoms with Gasteiger partial charge in [-0.1, -0.05) is 13.0 Å². The standard InChI is InChI=1S/C19H26N6O/c1-3-16(17-7-4-6-15(2)22-17)23-18(26)14-24-10-12-25(13-11-24)19-20-8-5-9-21-19/h4-9,16H,3,10-14H2,1-2H3,(H,23,26)/t16-/m1/s1. The van der Waals surface area contributed by atoms with E-state index in [0.717, 1.165) is 49.9 Å². The first-order valence-electron chi connectivity index (χ1n) is 9.13. The zero-order valence-electron chi connectivity index (χ0n) is 15.4. The van der Waals surface area contributed by atoms with Crippen LogP contribution in [-0.2, 0) is 4.79 Å². The summed E-state index contributed by atoms with van der Waals surface area (Å²) < 4.78 is 0. The fourth-order valence-corrected chi connectivity index (χ4v) is 3.15. The first-order chi connectivity index (χ1) is 12.7. The number of nitrogens with zero attached hydrogens (tertiary/aromatic N) is 5.